The minimum Gasteiger partial charge on any atom is -0.481 e. The number of aryl methyl sites for hydroxylation is 2. The summed E-state index contributed by atoms with van der Waals surface area (Å²) < 4.78 is 46.6. The van der Waals surface area contributed by atoms with Crippen LogP contribution in [0.25, 0.3) is 0 Å². The van der Waals surface area contributed by atoms with Gasteiger partial charge in [0.15, 0.2) is 0 Å². The number of nitrogens with zero attached hydrogens (tertiary/aromatic N) is 4. The number of nitrogens with one attached hydrogen (secondary N) is 1. The molecule has 9 nitrogen and oxygen atoms in total. The Labute approximate surface area is 242 Å². The summed E-state index contributed by atoms with van der Waals surface area (Å²) in [7, 11) is 0. The lowest BCUT2D eigenvalue weighted by Gasteiger charge is -2.33. The molecule has 1 saturated heterocycles. The van der Waals surface area contributed by atoms with Crippen molar-refractivity contribution in [2.24, 2.45) is 0 Å². The zero-order valence-corrected chi connectivity index (χ0v) is 23.7. The number of alkyl halides is 3. The number of carboxylic acids is 1. The van der Waals surface area contributed by atoms with Crippen molar-refractivity contribution in [3.63, 3.8) is 0 Å². The van der Waals surface area contributed by atoms with E-state index in [2.05, 4.69) is 20.3 Å². The van der Waals surface area contributed by atoms with Crippen LogP contribution in [-0.4, -0.2) is 55.7 Å². The molecule has 42 heavy (non-hydrogen) atoms. The highest BCUT2D eigenvalue weighted by atomic mass is 19.4. The van der Waals surface area contributed by atoms with Gasteiger partial charge in [0.05, 0.1) is 29.6 Å². The number of aliphatic carboxylic acids is 1. The molecule has 0 spiro atoms. The van der Waals surface area contributed by atoms with Gasteiger partial charge in [0.1, 0.15) is 5.60 Å². The number of aromatic nitrogens is 3. The quantitative estimate of drug-likeness (QED) is 0.323. The second-order valence-electron chi connectivity index (χ2n) is 11.2. The summed E-state index contributed by atoms with van der Waals surface area (Å²) in [5.74, 6) is -0.856. The highest BCUT2D eigenvalue weighted by Gasteiger charge is 2.35. The number of anilines is 2. The minimum atomic E-state index is -4.64. The van der Waals surface area contributed by atoms with Crippen molar-refractivity contribution >= 4 is 23.7 Å². The maximum absolute atomic E-state index is 13.7. The first-order valence-corrected chi connectivity index (χ1v) is 13.7. The fourth-order valence-corrected chi connectivity index (χ4v) is 4.83. The zero-order valence-electron chi connectivity index (χ0n) is 23.7. The fourth-order valence-electron chi connectivity index (χ4n) is 4.83. The summed E-state index contributed by atoms with van der Waals surface area (Å²) in [5, 5.41) is 12.1. The Balaban J connectivity index is 1.42. The number of carboxylic acid groups (broad SMARTS) is 1. The van der Waals surface area contributed by atoms with Gasteiger partial charge < -0.3 is 20.1 Å². The normalized spacial score (nSPS) is 14.5. The van der Waals surface area contributed by atoms with Gasteiger partial charge in [-0.2, -0.15) is 13.2 Å². The second-order valence-corrected chi connectivity index (χ2v) is 11.2. The summed E-state index contributed by atoms with van der Waals surface area (Å²) in [6, 6.07) is 10.4. The maximum Gasteiger partial charge on any atom is 0.419 e. The van der Waals surface area contributed by atoms with Gasteiger partial charge in [-0.05, 0) is 69.7 Å². The first-order chi connectivity index (χ1) is 19.8. The van der Waals surface area contributed by atoms with E-state index in [9.17, 15) is 22.8 Å². The van der Waals surface area contributed by atoms with Crippen LogP contribution in [0, 0.1) is 0 Å². The molecule has 1 aliphatic heterocycles. The zero-order chi connectivity index (χ0) is 30.5. The SMILES string of the molecule is CC(C)(C)OC(=O)N1CCC(c2ccc(Nc3ncc(C(F)(F)F)c(CCc4ccccc4CC(=O)O)n3)cn2)CC1. The lowest BCUT2D eigenvalue weighted by Crippen LogP contribution is -2.41. The maximum atomic E-state index is 13.7. The summed E-state index contributed by atoms with van der Waals surface area (Å²) in [6.45, 7) is 6.61. The fraction of sp³-hybridized carbons (Fsp3) is 0.433. The Hall–Kier alpha value is -4.22. The smallest absolute Gasteiger partial charge is 0.419 e. The number of rotatable bonds is 8. The van der Waals surface area contributed by atoms with Crippen LogP contribution in [0.5, 0.6) is 0 Å². The van der Waals surface area contributed by atoms with Gasteiger partial charge in [-0.15, -0.1) is 0 Å². The van der Waals surface area contributed by atoms with Crippen LogP contribution in [-0.2, 0) is 35.0 Å². The Morgan fingerprint density at radius 1 is 1.00 bits per heavy atom. The van der Waals surface area contributed by atoms with E-state index in [1.165, 1.54) is 0 Å². The Morgan fingerprint density at radius 2 is 1.69 bits per heavy atom. The van der Waals surface area contributed by atoms with Crippen molar-refractivity contribution < 1.29 is 32.6 Å². The molecule has 2 aromatic heterocycles. The largest absolute Gasteiger partial charge is 0.481 e. The molecule has 224 valence electrons. The molecule has 3 aromatic rings. The monoisotopic (exact) mass is 585 g/mol. The molecule has 12 heteroatoms. The van der Waals surface area contributed by atoms with E-state index < -0.39 is 23.3 Å². The summed E-state index contributed by atoms with van der Waals surface area (Å²) in [4.78, 5) is 37.8. The van der Waals surface area contributed by atoms with E-state index in [4.69, 9.17) is 9.84 Å². The number of hydrogen-bond acceptors (Lipinski definition) is 7. The molecule has 4 rings (SSSR count). The van der Waals surface area contributed by atoms with Gasteiger partial charge in [-0.3, -0.25) is 9.78 Å². The van der Waals surface area contributed by atoms with Crippen molar-refractivity contribution in [1.29, 1.82) is 0 Å². The standard InChI is InChI=1S/C30H34F3N5O4/c1-29(2,3)42-28(41)38-14-12-20(13-15-38)24-11-9-22(17-34-24)36-27-35-18-23(30(31,32)33)25(37-27)10-8-19-6-4-5-7-21(19)16-26(39)40/h4-7,9,11,17-18,20H,8,10,12-16H2,1-3H3,(H,39,40)(H,35,36,37). The summed E-state index contributed by atoms with van der Waals surface area (Å²) in [6.07, 6.45) is -1.24. The van der Waals surface area contributed by atoms with Crippen LogP contribution in [0.1, 0.15) is 67.6 Å². The van der Waals surface area contributed by atoms with Crippen LogP contribution >= 0.6 is 0 Å². The highest BCUT2D eigenvalue weighted by molar-refractivity contribution is 5.70. The number of amides is 1. The molecule has 0 saturated carbocycles. The Morgan fingerprint density at radius 3 is 2.29 bits per heavy atom. The van der Waals surface area contributed by atoms with E-state index in [0.717, 1.165) is 24.7 Å². The molecule has 0 bridgehead atoms. The number of benzene rings is 1. The number of carbonyl (C=O) groups is 2. The molecule has 1 aromatic carbocycles. The van der Waals surface area contributed by atoms with Crippen LogP contribution in [0.2, 0.25) is 0 Å². The second kappa shape index (κ2) is 12.7. The third-order valence-electron chi connectivity index (χ3n) is 6.87. The highest BCUT2D eigenvalue weighted by Crippen LogP contribution is 2.33. The number of pyridine rings is 1. The Kier molecular flexibility index (Phi) is 9.33. The molecule has 3 heterocycles. The molecular weight excluding hydrogens is 551 g/mol. The minimum absolute atomic E-state index is 0.00274. The van der Waals surface area contributed by atoms with Crippen LogP contribution in [0.15, 0.2) is 48.8 Å². The van der Waals surface area contributed by atoms with E-state index in [-0.39, 0.29) is 42.9 Å². The van der Waals surface area contributed by atoms with Gasteiger partial charge in [-0.25, -0.2) is 14.8 Å². The Bertz CT molecular complexity index is 1400. The van der Waals surface area contributed by atoms with E-state index in [1.54, 1.807) is 41.4 Å². The third-order valence-corrected chi connectivity index (χ3v) is 6.87. The van der Waals surface area contributed by atoms with Gasteiger partial charge in [-0.1, -0.05) is 24.3 Å². The van der Waals surface area contributed by atoms with Crippen LogP contribution in [0.4, 0.5) is 29.6 Å². The van der Waals surface area contributed by atoms with E-state index >= 15 is 0 Å². The molecule has 0 radical (unpaired) electrons. The van der Waals surface area contributed by atoms with Crippen molar-refractivity contribution in [2.45, 2.75) is 70.6 Å². The number of carbonyl (C=O) groups excluding carboxylic acids is 1. The molecule has 1 aliphatic rings. The first kappa shape index (κ1) is 30.7. The van der Waals surface area contributed by atoms with E-state index in [0.29, 0.717) is 29.9 Å². The number of halogens is 3. The van der Waals surface area contributed by atoms with Gasteiger partial charge in [0.2, 0.25) is 5.95 Å². The predicted octanol–water partition coefficient (Wildman–Crippen LogP) is 6.16. The molecule has 2 N–H and O–H groups in total. The summed E-state index contributed by atoms with van der Waals surface area (Å²) >= 11 is 0. The van der Waals surface area contributed by atoms with Crippen molar-refractivity contribution in [2.75, 3.05) is 18.4 Å². The van der Waals surface area contributed by atoms with Crippen molar-refractivity contribution in [1.82, 2.24) is 19.9 Å². The number of ether oxygens (including phenoxy) is 1. The first-order valence-electron chi connectivity index (χ1n) is 13.7. The lowest BCUT2D eigenvalue weighted by atomic mass is 9.93. The average Bonchev–Trinajstić information content (AvgIpc) is 2.91. The van der Waals surface area contributed by atoms with Crippen molar-refractivity contribution in [3.05, 3.63) is 76.9 Å². The molecule has 1 amide bonds. The number of likely N-dealkylation sites (tertiary alicyclic amines) is 1. The van der Waals surface area contributed by atoms with E-state index in [1.807, 2.05) is 26.8 Å². The molecule has 0 unspecified atom stereocenters. The van der Waals surface area contributed by atoms with Gasteiger partial charge in [0, 0.05) is 30.9 Å². The summed E-state index contributed by atoms with van der Waals surface area (Å²) in [5.41, 5.74) is 0.899. The van der Waals surface area contributed by atoms with Crippen LogP contribution in [0.3, 0.4) is 0 Å². The number of hydrogen-bond donors (Lipinski definition) is 2. The van der Waals surface area contributed by atoms with Crippen molar-refractivity contribution in [3.8, 4) is 0 Å². The molecular formula is C30H34F3N5O4. The van der Waals surface area contributed by atoms with Gasteiger partial charge in [0.25, 0.3) is 0 Å². The molecule has 1 fully saturated rings. The lowest BCUT2D eigenvalue weighted by molar-refractivity contribution is -0.139. The molecule has 0 aliphatic carbocycles. The van der Waals surface area contributed by atoms with Crippen LogP contribution < -0.4 is 5.32 Å². The predicted molar refractivity (Wildman–Crippen MR) is 150 cm³/mol. The van der Waals surface area contributed by atoms with Gasteiger partial charge >= 0.3 is 18.2 Å². The average molecular weight is 586 g/mol. The third kappa shape index (κ3) is 8.40. The topological polar surface area (TPSA) is 118 Å². The number of piperidine rings is 1. The molecule has 0 atom stereocenters.